The predicted octanol–water partition coefficient (Wildman–Crippen LogP) is 3.88. The van der Waals surface area contributed by atoms with Crippen LogP contribution in [0.4, 0.5) is 24.5 Å². The topological polar surface area (TPSA) is 15.3 Å². The number of alkyl halides is 3. The van der Waals surface area contributed by atoms with Crippen LogP contribution in [0.1, 0.15) is 31.7 Å². The van der Waals surface area contributed by atoms with Crippen molar-refractivity contribution in [3.05, 3.63) is 23.8 Å². The smallest absolute Gasteiger partial charge is 0.381 e. The van der Waals surface area contributed by atoms with Gasteiger partial charge >= 0.3 is 6.18 Å². The van der Waals surface area contributed by atoms with Crippen LogP contribution in [0.2, 0.25) is 0 Å². The highest BCUT2D eigenvalue weighted by Crippen LogP contribution is 2.47. The van der Waals surface area contributed by atoms with E-state index < -0.39 is 11.7 Å². The number of hydrogen-bond donors (Lipinski definition) is 1. The van der Waals surface area contributed by atoms with Crippen LogP contribution in [-0.4, -0.2) is 18.6 Å². The van der Waals surface area contributed by atoms with Crippen molar-refractivity contribution in [2.75, 3.05) is 23.3 Å². The Morgan fingerprint density at radius 2 is 2.05 bits per heavy atom. The van der Waals surface area contributed by atoms with Gasteiger partial charge in [-0.2, -0.15) is 13.2 Å². The summed E-state index contributed by atoms with van der Waals surface area (Å²) in [6.07, 6.45) is -1.00. The summed E-state index contributed by atoms with van der Waals surface area (Å²) in [6.45, 7) is 3.59. The van der Waals surface area contributed by atoms with Crippen molar-refractivity contribution in [2.24, 2.45) is 0 Å². The molecular formula is C14H17F3N2. The molecule has 1 spiro atoms. The van der Waals surface area contributed by atoms with Gasteiger partial charge < -0.3 is 10.2 Å². The van der Waals surface area contributed by atoms with E-state index >= 15 is 0 Å². The van der Waals surface area contributed by atoms with E-state index in [1.807, 2.05) is 6.92 Å². The van der Waals surface area contributed by atoms with Crippen LogP contribution in [0, 0.1) is 0 Å². The Morgan fingerprint density at radius 3 is 2.58 bits per heavy atom. The third kappa shape index (κ3) is 1.86. The lowest BCUT2D eigenvalue weighted by Gasteiger charge is -2.54. The quantitative estimate of drug-likeness (QED) is 0.833. The van der Waals surface area contributed by atoms with Crippen LogP contribution in [-0.2, 0) is 6.18 Å². The molecule has 5 heteroatoms. The number of fused-ring (bicyclic) bond motifs is 1. The van der Waals surface area contributed by atoms with Crippen LogP contribution in [0.25, 0.3) is 0 Å². The lowest BCUT2D eigenvalue weighted by Crippen LogP contribution is -2.60. The minimum absolute atomic E-state index is 0.0337. The maximum atomic E-state index is 12.8. The molecule has 1 aromatic rings. The largest absolute Gasteiger partial charge is 0.416 e. The third-order valence-electron chi connectivity index (χ3n) is 4.40. The molecule has 1 aromatic carbocycles. The molecule has 1 N–H and O–H groups in total. The van der Waals surface area contributed by atoms with Crippen LogP contribution in [0.15, 0.2) is 18.2 Å². The maximum absolute atomic E-state index is 12.8. The molecule has 0 bridgehead atoms. The third-order valence-corrected chi connectivity index (χ3v) is 4.40. The van der Waals surface area contributed by atoms with Crippen molar-refractivity contribution in [1.82, 2.24) is 0 Å². The molecule has 2 nitrogen and oxygen atoms in total. The van der Waals surface area contributed by atoms with Gasteiger partial charge in [-0.25, -0.2) is 0 Å². The van der Waals surface area contributed by atoms with E-state index in [-0.39, 0.29) is 5.54 Å². The molecule has 1 heterocycles. The summed E-state index contributed by atoms with van der Waals surface area (Å²) in [7, 11) is 0. The van der Waals surface area contributed by atoms with Gasteiger partial charge in [0.25, 0.3) is 0 Å². The van der Waals surface area contributed by atoms with E-state index in [2.05, 4.69) is 10.2 Å². The van der Waals surface area contributed by atoms with Crippen molar-refractivity contribution < 1.29 is 13.2 Å². The summed E-state index contributed by atoms with van der Waals surface area (Å²) in [5.41, 5.74) is 0.977. The Balaban J connectivity index is 2.04. The fraction of sp³-hybridized carbons (Fsp3) is 0.571. The fourth-order valence-electron chi connectivity index (χ4n) is 3.23. The summed E-state index contributed by atoms with van der Waals surface area (Å²) < 4.78 is 38.5. The molecular weight excluding hydrogens is 253 g/mol. The maximum Gasteiger partial charge on any atom is 0.416 e. The second-order valence-electron chi connectivity index (χ2n) is 5.41. The normalized spacial score (nSPS) is 20.7. The number of rotatable bonds is 1. The first-order chi connectivity index (χ1) is 8.96. The zero-order valence-corrected chi connectivity index (χ0v) is 10.8. The molecule has 0 radical (unpaired) electrons. The first kappa shape index (κ1) is 12.6. The van der Waals surface area contributed by atoms with Crippen LogP contribution >= 0.6 is 0 Å². The van der Waals surface area contributed by atoms with Crippen molar-refractivity contribution in [1.29, 1.82) is 0 Å². The Morgan fingerprint density at radius 1 is 1.32 bits per heavy atom. The van der Waals surface area contributed by atoms with Gasteiger partial charge in [0.05, 0.1) is 22.5 Å². The van der Waals surface area contributed by atoms with Crippen molar-refractivity contribution in [2.45, 2.75) is 37.9 Å². The highest BCUT2D eigenvalue weighted by molar-refractivity contribution is 5.75. The average molecular weight is 270 g/mol. The van der Waals surface area contributed by atoms with Gasteiger partial charge in [0, 0.05) is 13.1 Å². The molecule has 0 atom stereocenters. The number of anilines is 2. The first-order valence-electron chi connectivity index (χ1n) is 6.69. The molecule has 3 rings (SSSR count). The van der Waals surface area contributed by atoms with Crippen LogP contribution < -0.4 is 10.2 Å². The minimum Gasteiger partial charge on any atom is -0.381 e. The predicted molar refractivity (Wildman–Crippen MR) is 69.5 cm³/mol. The van der Waals surface area contributed by atoms with Crippen LogP contribution in [0.3, 0.4) is 0 Å². The highest BCUT2D eigenvalue weighted by Gasteiger charge is 2.45. The zero-order chi connectivity index (χ0) is 13.7. The fourth-order valence-corrected chi connectivity index (χ4v) is 3.23. The van der Waals surface area contributed by atoms with Crippen molar-refractivity contribution in [3.63, 3.8) is 0 Å². The number of nitrogens with one attached hydrogen (secondary N) is 1. The molecule has 2 aliphatic rings. The first-order valence-corrected chi connectivity index (χ1v) is 6.69. The van der Waals surface area contributed by atoms with E-state index in [0.29, 0.717) is 5.69 Å². The summed E-state index contributed by atoms with van der Waals surface area (Å²) in [6, 6.07) is 3.98. The Labute approximate surface area is 110 Å². The lowest BCUT2D eigenvalue weighted by molar-refractivity contribution is -0.137. The van der Waals surface area contributed by atoms with Crippen molar-refractivity contribution >= 4 is 11.4 Å². The number of halogens is 3. The SMILES string of the molecule is CCN1c2cc(C(F)(F)F)ccc2NCC12CCC2. The zero-order valence-electron chi connectivity index (χ0n) is 10.8. The van der Waals surface area contributed by atoms with Gasteiger partial charge in [-0.1, -0.05) is 0 Å². The molecule has 0 unspecified atom stereocenters. The van der Waals surface area contributed by atoms with Crippen molar-refractivity contribution in [3.8, 4) is 0 Å². The summed E-state index contributed by atoms with van der Waals surface area (Å²) in [5, 5.41) is 3.29. The van der Waals surface area contributed by atoms with Gasteiger partial charge in [-0.3, -0.25) is 0 Å². The molecule has 1 saturated carbocycles. The van der Waals surface area contributed by atoms with Gasteiger partial charge in [0.15, 0.2) is 0 Å². The Kier molecular flexibility index (Phi) is 2.69. The summed E-state index contributed by atoms with van der Waals surface area (Å²) >= 11 is 0. The average Bonchev–Trinajstić information content (AvgIpc) is 2.33. The van der Waals surface area contributed by atoms with E-state index in [9.17, 15) is 13.2 Å². The molecule has 19 heavy (non-hydrogen) atoms. The molecule has 0 amide bonds. The van der Waals surface area contributed by atoms with E-state index in [0.717, 1.165) is 44.1 Å². The van der Waals surface area contributed by atoms with E-state index in [4.69, 9.17) is 0 Å². The summed E-state index contributed by atoms with van der Waals surface area (Å²) in [4.78, 5) is 2.15. The van der Waals surface area contributed by atoms with Gasteiger partial charge in [-0.15, -0.1) is 0 Å². The Hall–Kier alpha value is -1.39. The molecule has 104 valence electrons. The molecule has 1 fully saturated rings. The van der Waals surface area contributed by atoms with Crippen LogP contribution in [0.5, 0.6) is 0 Å². The van der Waals surface area contributed by atoms with Gasteiger partial charge in [-0.05, 0) is 44.4 Å². The van der Waals surface area contributed by atoms with E-state index in [1.165, 1.54) is 6.07 Å². The molecule has 1 aliphatic carbocycles. The van der Waals surface area contributed by atoms with Gasteiger partial charge in [0.2, 0.25) is 0 Å². The standard InChI is InChI=1S/C14H17F3N2/c1-2-19-12-8-10(14(15,16)17)4-5-11(12)18-9-13(19)6-3-7-13/h4-5,8,18H,2-3,6-7,9H2,1H3. The highest BCUT2D eigenvalue weighted by atomic mass is 19.4. The minimum atomic E-state index is -4.28. The molecule has 0 aromatic heterocycles. The van der Waals surface area contributed by atoms with E-state index in [1.54, 1.807) is 6.07 Å². The second-order valence-corrected chi connectivity index (χ2v) is 5.41. The lowest BCUT2D eigenvalue weighted by atomic mass is 9.73. The number of likely N-dealkylation sites (N-methyl/N-ethyl adjacent to an activating group) is 1. The number of hydrogen-bond acceptors (Lipinski definition) is 2. The number of nitrogens with zero attached hydrogens (tertiary/aromatic N) is 1. The molecule has 0 saturated heterocycles. The second kappa shape index (κ2) is 4.05. The van der Waals surface area contributed by atoms with Gasteiger partial charge in [0.1, 0.15) is 0 Å². The molecule has 1 aliphatic heterocycles. The summed E-state index contributed by atoms with van der Waals surface area (Å²) in [5.74, 6) is 0. The monoisotopic (exact) mass is 270 g/mol. The Bertz CT molecular complexity index is 492. The number of benzene rings is 1.